The van der Waals surface area contributed by atoms with E-state index in [4.69, 9.17) is 16.3 Å². The van der Waals surface area contributed by atoms with E-state index < -0.39 is 0 Å². The van der Waals surface area contributed by atoms with Gasteiger partial charge in [0.1, 0.15) is 16.8 Å². The van der Waals surface area contributed by atoms with Crippen LogP contribution < -0.4 is 4.90 Å². The van der Waals surface area contributed by atoms with E-state index in [2.05, 4.69) is 28.7 Å². The largest absolute Gasteiger partial charge is 0.380 e. The molecule has 0 saturated carbocycles. The van der Waals surface area contributed by atoms with E-state index in [0.717, 1.165) is 49.7 Å². The molecule has 1 aromatic rings. The molecular weight excluding hydrogens is 262 g/mol. The van der Waals surface area contributed by atoms with Crippen molar-refractivity contribution in [2.45, 2.75) is 40.5 Å². The maximum Gasteiger partial charge on any atom is 0.137 e. The molecule has 1 aromatic heterocycles. The second-order valence-corrected chi connectivity index (χ2v) is 4.76. The Morgan fingerprint density at radius 1 is 1.21 bits per heavy atom. The molecule has 0 atom stereocenters. The van der Waals surface area contributed by atoms with Gasteiger partial charge in [0, 0.05) is 31.7 Å². The van der Waals surface area contributed by atoms with Crippen molar-refractivity contribution in [3.8, 4) is 0 Å². The lowest BCUT2D eigenvalue weighted by molar-refractivity contribution is 0.154. The Labute approximate surface area is 121 Å². The summed E-state index contributed by atoms with van der Waals surface area (Å²) in [6, 6.07) is 0. The fourth-order valence-corrected chi connectivity index (χ4v) is 2.08. The molecule has 0 amide bonds. The van der Waals surface area contributed by atoms with Crippen molar-refractivity contribution in [1.29, 1.82) is 0 Å². The van der Waals surface area contributed by atoms with Gasteiger partial charge >= 0.3 is 0 Å². The number of rotatable bonds is 8. The van der Waals surface area contributed by atoms with E-state index >= 15 is 0 Å². The number of ether oxygens (including phenoxy) is 1. The lowest BCUT2D eigenvalue weighted by Crippen LogP contribution is -2.29. The summed E-state index contributed by atoms with van der Waals surface area (Å²) in [6.45, 7) is 11.3. The van der Waals surface area contributed by atoms with Gasteiger partial charge in [-0.15, -0.1) is 0 Å². The molecule has 0 aliphatic heterocycles. The lowest BCUT2D eigenvalue weighted by atomic mass is 10.2. The molecule has 1 rings (SSSR count). The Morgan fingerprint density at radius 3 is 2.53 bits per heavy atom. The highest BCUT2D eigenvalue weighted by atomic mass is 35.5. The molecule has 0 N–H and O–H groups in total. The van der Waals surface area contributed by atoms with E-state index in [-0.39, 0.29) is 0 Å². The van der Waals surface area contributed by atoms with Crippen molar-refractivity contribution >= 4 is 17.4 Å². The zero-order valence-electron chi connectivity index (χ0n) is 12.4. The van der Waals surface area contributed by atoms with Crippen LogP contribution >= 0.6 is 11.6 Å². The van der Waals surface area contributed by atoms with Gasteiger partial charge in [-0.3, -0.25) is 0 Å². The van der Waals surface area contributed by atoms with E-state index in [1.54, 1.807) is 0 Å². The van der Waals surface area contributed by atoms with E-state index in [9.17, 15) is 0 Å². The van der Waals surface area contributed by atoms with Crippen molar-refractivity contribution < 1.29 is 4.74 Å². The third-order valence-corrected chi connectivity index (χ3v) is 3.34. The summed E-state index contributed by atoms with van der Waals surface area (Å²) in [5, 5.41) is 0.559. The number of aromatic nitrogens is 2. The molecule has 0 radical (unpaired) electrons. The molecule has 5 heteroatoms. The van der Waals surface area contributed by atoms with Crippen LogP contribution in [-0.4, -0.2) is 36.3 Å². The van der Waals surface area contributed by atoms with Crippen LogP contribution in [0.3, 0.4) is 0 Å². The number of halogens is 1. The summed E-state index contributed by atoms with van der Waals surface area (Å²) in [4.78, 5) is 11.2. The maximum atomic E-state index is 6.21. The van der Waals surface area contributed by atoms with Crippen LogP contribution in [0.15, 0.2) is 0 Å². The molecule has 0 aromatic carbocycles. The van der Waals surface area contributed by atoms with Crippen LogP contribution in [0, 0.1) is 6.92 Å². The molecule has 0 aliphatic carbocycles. The van der Waals surface area contributed by atoms with Gasteiger partial charge in [0.2, 0.25) is 0 Å². The highest BCUT2D eigenvalue weighted by molar-refractivity contribution is 6.30. The maximum absolute atomic E-state index is 6.21. The van der Waals surface area contributed by atoms with Gasteiger partial charge in [-0.05, 0) is 27.2 Å². The molecule has 108 valence electrons. The molecule has 1 heterocycles. The van der Waals surface area contributed by atoms with Gasteiger partial charge in [-0.25, -0.2) is 9.97 Å². The number of anilines is 1. The molecule has 0 spiro atoms. The average molecular weight is 286 g/mol. The first-order valence-electron chi connectivity index (χ1n) is 6.99. The molecule has 4 nitrogen and oxygen atoms in total. The predicted molar refractivity (Wildman–Crippen MR) is 80.2 cm³/mol. The van der Waals surface area contributed by atoms with Crippen LogP contribution in [0.1, 0.15) is 38.6 Å². The zero-order chi connectivity index (χ0) is 14.3. The van der Waals surface area contributed by atoms with E-state index in [1.807, 2.05) is 13.8 Å². The van der Waals surface area contributed by atoms with Crippen molar-refractivity contribution in [2.24, 2.45) is 0 Å². The predicted octanol–water partition coefficient (Wildman–Crippen LogP) is 3.25. The Hall–Kier alpha value is -0.870. The molecule has 0 fully saturated rings. The van der Waals surface area contributed by atoms with Crippen LogP contribution in [0.4, 0.5) is 5.82 Å². The monoisotopic (exact) mass is 285 g/mol. The van der Waals surface area contributed by atoms with Crippen molar-refractivity contribution in [3.05, 3.63) is 16.5 Å². The summed E-state index contributed by atoms with van der Waals surface area (Å²) < 4.78 is 5.42. The molecule has 19 heavy (non-hydrogen) atoms. The van der Waals surface area contributed by atoms with Crippen LogP contribution in [0.5, 0.6) is 0 Å². The zero-order valence-corrected chi connectivity index (χ0v) is 13.1. The quantitative estimate of drug-likeness (QED) is 0.543. The summed E-state index contributed by atoms with van der Waals surface area (Å²) >= 11 is 6.21. The standard InChI is InChI=1S/C14H24ClN3O/c1-5-8-12-16-13(15)11(4)14(17-12)18(6-2)9-10-19-7-3/h5-10H2,1-4H3. The minimum atomic E-state index is 0.559. The van der Waals surface area contributed by atoms with Gasteiger partial charge in [0.05, 0.1) is 6.61 Å². The van der Waals surface area contributed by atoms with Crippen molar-refractivity contribution in [2.75, 3.05) is 31.2 Å². The Kier molecular flexibility index (Phi) is 7.10. The Morgan fingerprint density at radius 2 is 1.95 bits per heavy atom. The second kappa shape index (κ2) is 8.33. The first kappa shape index (κ1) is 16.2. The highest BCUT2D eigenvalue weighted by Gasteiger charge is 2.14. The third kappa shape index (κ3) is 4.62. The lowest BCUT2D eigenvalue weighted by Gasteiger charge is -2.24. The molecule has 0 aliphatic rings. The second-order valence-electron chi connectivity index (χ2n) is 4.41. The number of nitrogens with zero attached hydrogens (tertiary/aromatic N) is 3. The highest BCUT2D eigenvalue weighted by Crippen LogP contribution is 2.23. The first-order chi connectivity index (χ1) is 9.13. The summed E-state index contributed by atoms with van der Waals surface area (Å²) in [7, 11) is 0. The van der Waals surface area contributed by atoms with Crippen molar-refractivity contribution in [1.82, 2.24) is 9.97 Å². The average Bonchev–Trinajstić information content (AvgIpc) is 2.40. The summed E-state index contributed by atoms with van der Waals surface area (Å²) in [5.74, 6) is 1.76. The molecule has 0 unspecified atom stereocenters. The number of hydrogen-bond donors (Lipinski definition) is 0. The van der Waals surface area contributed by atoms with Crippen LogP contribution in [0.2, 0.25) is 5.15 Å². The van der Waals surface area contributed by atoms with Crippen LogP contribution in [-0.2, 0) is 11.2 Å². The topological polar surface area (TPSA) is 38.2 Å². The molecule has 0 saturated heterocycles. The summed E-state index contributed by atoms with van der Waals surface area (Å²) in [6.07, 6.45) is 1.87. The normalized spacial score (nSPS) is 10.8. The third-order valence-electron chi connectivity index (χ3n) is 2.97. The van der Waals surface area contributed by atoms with Gasteiger partial charge in [0.25, 0.3) is 0 Å². The number of likely N-dealkylation sites (N-methyl/N-ethyl adjacent to an activating group) is 1. The molecular formula is C14H24ClN3O. The van der Waals surface area contributed by atoms with Gasteiger partial charge in [0.15, 0.2) is 0 Å². The molecule has 0 bridgehead atoms. The number of hydrogen-bond acceptors (Lipinski definition) is 4. The SMILES string of the molecule is CCCc1nc(Cl)c(C)c(N(CC)CCOCC)n1. The van der Waals surface area contributed by atoms with Gasteiger partial charge < -0.3 is 9.64 Å². The fraction of sp³-hybridized carbons (Fsp3) is 0.714. The minimum absolute atomic E-state index is 0.559. The minimum Gasteiger partial charge on any atom is -0.380 e. The van der Waals surface area contributed by atoms with E-state index in [0.29, 0.717) is 11.8 Å². The van der Waals surface area contributed by atoms with Crippen LogP contribution in [0.25, 0.3) is 0 Å². The van der Waals surface area contributed by atoms with Gasteiger partial charge in [-0.2, -0.15) is 0 Å². The number of aryl methyl sites for hydroxylation is 1. The Bertz CT molecular complexity index is 399. The summed E-state index contributed by atoms with van der Waals surface area (Å²) in [5.41, 5.74) is 0.944. The smallest absolute Gasteiger partial charge is 0.137 e. The van der Waals surface area contributed by atoms with E-state index in [1.165, 1.54) is 0 Å². The van der Waals surface area contributed by atoms with Gasteiger partial charge in [-0.1, -0.05) is 18.5 Å². The fourth-order valence-electron chi connectivity index (χ4n) is 1.90. The first-order valence-corrected chi connectivity index (χ1v) is 7.37. The Balaban J connectivity index is 2.94. The van der Waals surface area contributed by atoms with Crippen molar-refractivity contribution in [3.63, 3.8) is 0 Å².